The molecule has 28 heavy (non-hydrogen) atoms. The average molecular weight is 461 g/mol. The minimum atomic E-state index is -4.95. The van der Waals surface area contributed by atoms with E-state index in [9.17, 15) is 26.7 Å². The first-order valence-electron chi connectivity index (χ1n) is 7.67. The van der Waals surface area contributed by atoms with E-state index in [1.54, 1.807) is 0 Å². The molecule has 0 aliphatic rings. The summed E-state index contributed by atoms with van der Waals surface area (Å²) in [7, 11) is 0. The first-order valence-corrected chi connectivity index (χ1v) is 8.46. The van der Waals surface area contributed by atoms with E-state index < -0.39 is 35.1 Å². The Bertz CT molecular complexity index is 997. The van der Waals surface area contributed by atoms with E-state index in [0.29, 0.717) is 14.7 Å². The van der Waals surface area contributed by atoms with Gasteiger partial charge < -0.3 is 5.32 Å². The second-order valence-electron chi connectivity index (χ2n) is 5.63. The molecule has 11 heteroatoms. The van der Waals surface area contributed by atoms with Crippen LogP contribution >= 0.6 is 15.9 Å². The molecule has 146 valence electrons. The fourth-order valence-corrected chi connectivity index (χ4v) is 2.94. The van der Waals surface area contributed by atoms with Crippen LogP contribution in [0.2, 0.25) is 0 Å². The predicted octanol–water partition coefficient (Wildman–Crippen LogP) is 4.26. The van der Waals surface area contributed by atoms with Crippen molar-refractivity contribution in [2.24, 2.45) is 0 Å². The Hall–Kier alpha value is -2.82. The lowest BCUT2D eigenvalue weighted by molar-refractivity contribution is -0.143. The third kappa shape index (κ3) is 4.35. The molecule has 0 bridgehead atoms. The molecule has 0 spiro atoms. The van der Waals surface area contributed by atoms with Crippen LogP contribution in [0.15, 0.2) is 46.9 Å². The number of hydrogen-bond acceptors (Lipinski definition) is 3. The first-order chi connectivity index (χ1) is 13.1. The summed E-state index contributed by atoms with van der Waals surface area (Å²) in [4.78, 5) is 12.3. The molecular weight excluding hydrogens is 451 g/mol. The molecule has 0 atom stereocenters. The number of carbonyl (C=O) groups is 1. The van der Waals surface area contributed by atoms with Gasteiger partial charge in [-0.15, -0.1) is 5.10 Å². The summed E-state index contributed by atoms with van der Waals surface area (Å²) in [6.45, 7) is -0.226. The van der Waals surface area contributed by atoms with Crippen LogP contribution < -0.4 is 5.32 Å². The normalized spacial score (nSPS) is 11.5. The largest absolute Gasteiger partial charge is 0.435 e. The van der Waals surface area contributed by atoms with Crippen molar-refractivity contribution >= 4 is 21.8 Å². The highest BCUT2D eigenvalue weighted by Gasteiger charge is 2.42. The SMILES string of the molecule is O=C(NCc1cc(F)cc(Br)c1)c1nnn(-c2ccc(F)cc2)c1C(F)(F)F. The van der Waals surface area contributed by atoms with Gasteiger partial charge in [0, 0.05) is 11.0 Å². The smallest absolute Gasteiger partial charge is 0.346 e. The van der Waals surface area contributed by atoms with Crippen LogP contribution in [0.5, 0.6) is 0 Å². The average Bonchev–Trinajstić information content (AvgIpc) is 3.05. The molecule has 0 unspecified atom stereocenters. The molecular formula is C17H10BrF5N4O. The number of halogens is 6. The highest BCUT2D eigenvalue weighted by atomic mass is 79.9. The Morgan fingerprint density at radius 3 is 2.36 bits per heavy atom. The Morgan fingerprint density at radius 2 is 1.75 bits per heavy atom. The molecule has 5 nitrogen and oxygen atoms in total. The molecule has 0 fully saturated rings. The number of aromatic nitrogens is 3. The molecule has 3 aromatic rings. The van der Waals surface area contributed by atoms with Gasteiger partial charge in [-0.25, -0.2) is 13.5 Å². The van der Waals surface area contributed by atoms with Crippen molar-refractivity contribution in [3.63, 3.8) is 0 Å². The Labute approximate surface area is 163 Å². The maximum atomic E-state index is 13.5. The topological polar surface area (TPSA) is 59.8 Å². The Morgan fingerprint density at radius 1 is 1.07 bits per heavy atom. The van der Waals surface area contributed by atoms with Crippen LogP contribution in [0.3, 0.4) is 0 Å². The van der Waals surface area contributed by atoms with Crippen LogP contribution in [-0.4, -0.2) is 20.9 Å². The van der Waals surface area contributed by atoms with Gasteiger partial charge in [0.05, 0.1) is 5.69 Å². The third-order valence-electron chi connectivity index (χ3n) is 3.60. The minimum Gasteiger partial charge on any atom is -0.346 e. The molecule has 0 aliphatic carbocycles. The van der Waals surface area contributed by atoms with Crippen molar-refractivity contribution in [1.82, 2.24) is 20.3 Å². The zero-order valence-electron chi connectivity index (χ0n) is 13.8. The first kappa shape index (κ1) is 19.9. The van der Waals surface area contributed by atoms with Gasteiger partial charge in [-0.3, -0.25) is 4.79 Å². The van der Waals surface area contributed by atoms with Gasteiger partial charge in [-0.1, -0.05) is 21.1 Å². The zero-order valence-corrected chi connectivity index (χ0v) is 15.4. The molecule has 2 aromatic carbocycles. The van der Waals surface area contributed by atoms with Crippen LogP contribution in [-0.2, 0) is 12.7 Å². The fourth-order valence-electron chi connectivity index (χ4n) is 2.43. The molecule has 1 heterocycles. The van der Waals surface area contributed by atoms with E-state index in [4.69, 9.17) is 0 Å². The lowest BCUT2D eigenvalue weighted by Gasteiger charge is -2.11. The number of benzene rings is 2. The molecule has 0 saturated carbocycles. The lowest BCUT2D eigenvalue weighted by atomic mass is 10.2. The molecule has 0 aliphatic heterocycles. The summed E-state index contributed by atoms with van der Waals surface area (Å²) in [6, 6.07) is 7.89. The molecule has 0 saturated heterocycles. The highest BCUT2D eigenvalue weighted by Crippen LogP contribution is 2.32. The molecule has 1 N–H and O–H groups in total. The monoisotopic (exact) mass is 460 g/mol. The van der Waals surface area contributed by atoms with Crippen molar-refractivity contribution in [3.8, 4) is 5.69 Å². The number of carbonyl (C=O) groups excluding carboxylic acids is 1. The van der Waals surface area contributed by atoms with E-state index in [2.05, 4.69) is 31.6 Å². The second-order valence-corrected chi connectivity index (χ2v) is 6.55. The standard InChI is InChI=1S/C17H10BrF5N4O/c18-10-5-9(6-12(20)7-10)8-24-16(28)14-15(17(21,22)23)27(26-25-14)13-3-1-11(19)2-4-13/h1-7H,8H2,(H,24,28). The zero-order chi connectivity index (χ0) is 20.5. The number of nitrogens with zero attached hydrogens (tertiary/aromatic N) is 3. The van der Waals surface area contributed by atoms with Crippen LogP contribution in [0, 0.1) is 11.6 Å². The Balaban J connectivity index is 1.90. The van der Waals surface area contributed by atoms with E-state index in [1.807, 2.05) is 0 Å². The van der Waals surface area contributed by atoms with Gasteiger partial charge in [0.15, 0.2) is 11.4 Å². The van der Waals surface area contributed by atoms with Crippen molar-refractivity contribution in [1.29, 1.82) is 0 Å². The number of amides is 1. The fraction of sp³-hybridized carbons (Fsp3) is 0.118. The number of rotatable bonds is 4. The van der Waals surface area contributed by atoms with Crippen LogP contribution in [0.25, 0.3) is 5.69 Å². The number of nitrogens with one attached hydrogen (secondary N) is 1. The van der Waals surface area contributed by atoms with Gasteiger partial charge in [-0.05, 0) is 48.0 Å². The molecule has 1 amide bonds. The third-order valence-corrected chi connectivity index (χ3v) is 4.06. The second kappa shape index (κ2) is 7.66. The summed E-state index contributed by atoms with van der Waals surface area (Å²) in [6.07, 6.45) is -4.95. The van der Waals surface area contributed by atoms with Gasteiger partial charge >= 0.3 is 6.18 Å². The summed E-state index contributed by atoms with van der Waals surface area (Å²) >= 11 is 3.08. The van der Waals surface area contributed by atoms with Crippen LogP contribution in [0.4, 0.5) is 22.0 Å². The van der Waals surface area contributed by atoms with E-state index in [1.165, 1.54) is 12.1 Å². The summed E-state index contributed by atoms with van der Waals surface area (Å²) < 4.78 is 67.8. The van der Waals surface area contributed by atoms with Crippen molar-refractivity contribution < 1.29 is 26.7 Å². The Kier molecular flexibility index (Phi) is 5.45. The van der Waals surface area contributed by atoms with Crippen LogP contribution in [0.1, 0.15) is 21.7 Å². The maximum Gasteiger partial charge on any atom is 0.435 e. The van der Waals surface area contributed by atoms with E-state index in [0.717, 1.165) is 30.3 Å². The van der Waals surface area contributed by atoms with Crippen molar-refractivity contribution in [3.05, 3.63) is 75.5 Å². The van der Waals surface area contributed by atoms with Crippen molar-refractivity contribution in [2.75, 3.05) is 0 Å². The van der Waals surface area contributed by atoms with E-state index in [-0.39, 0.29) is 12.2 Å². The van der Waals surface area contributed by atoms with E-state index >= 15 is 0 Å². The number of alkyl halides is 3. The highest BCUT2D eigenvalue weighted by molar-refractivity contribution is 9.10. The maximum absolute atomic E-state index is 13.5. The predicted molar refractivity (Wildman–Crippen MR) is 91.6 cm³/mol. The van der Waals surface area contributed by atoms with Gasteiger partial charge in [-0.2, -0.15) is 13.2 Å². The number of hydrogen-bond donors (Lipinski definition) is 1. The minimum absolute atomic E-state index is 0.116. The van der Waals surface area contributed by atoms with Gasteiger partial charge in [0.1, 0.15) is 11.6 Å². The van der Waals surface area contributed by atoms with Crippen molar-refractivity contribution in [2.45, 2.75) is 12.7 Å². The summed E-state index contributed by atoms with van der Waals surface area (Å²) in [5, 5.41) is 8.97. The summed E-state index contributed by atoms with van der Waals surface area (Å²) in [5.74, 6) is -2.35. The lowest BCUT2D eigenvalue weighted by Crippen LogP contribution is -2.27. The van der Waals surface area contributed by atoms with Gasteiger partial charge in [0.2, 0.25) is 0 Å². The van der Waals surface area contributed by atoms with Gasteiger partial charge in [0.25, 0.3) is 5.91 Å². The summed E-state index contributed by atoms with van der Waals surface area (Å²) in [5.41, 5.74) is -2.14. The quantitative estimate of drug-likeness (QED) is 0.591. The molecule has 1 aromatic heterocycles. The molecule has 0 radical (unpaired) electrons. The molecule has 3 rings (SSSR count).